The van der Waals surface area contributed by atoms with Crippen molar-refractivity contribution in [2.75, 3.05) is 7.05 Å². The van der Waals surface area contributed by atoms with Gasteiger partial charge in [0, 0.05) is 48.0 Å². The Hall–Kier alpha value is -5.56. The zero-order valence-electron chi connectivity index (χ0n) is 39.3. The molecule has 1 fully saturated rings. The average Bonchev–Trinajstić information content (AvgIpc) is 4.06. The van der Waals surface area contributed by atoms with Crippen molar-refractivity contribution in [2.45, 2.75) is 131 Å². The molecular formula is C50H72N4O8S. The molecular weight excluding hydrogens is 817 g/mol. The number of ketones is 1. The first-order valence-electron chi connectivity index (χ1n) is 22.0. The fourth-order valence-electron chi connectivity index (χ4n) is 5.97. The van der Waals surface area contributed by atoms with Gasteiger partial charge in [0.05, 0.1) is 10.9 Å². The molecule has 3 amide bonds. The molecule has 3 aromatic carbocycles. The molecule has 0 spiro atoms. The number of ether oxygens (including phenoxy) is 1. The number of aryl methyl sites for hydroxylation is 1. The molecule has 1 aromatic heterocycles. The SMILES string of the molecule is C=CC1CC1C(=O)NS(=O)(=O)c1ccccc1.CC.CCCC(NC(=O)OC(C)(C)C)C(=O)CC.CCCCC(C)C(=O)NC.Cc1ccc2c(=O)cc(-c3ccccc3)[nH]c2c1. The second-order valence-corrected chi connectivity index (χ2v) is 17.6. The van der Waals surface area contributed by atoms with E-state index in [-0.39, 0.29) is 39.8 Å². The molecule has 63 heavy (non-hydrogen) atoms. The fraction of sp³-hybridized carbons (Fsp3) is 0.460. The Bertz CT molecular complexity index is 2200. The van der Waals surface area contributed by atoms with Gasteiger partial charge in [-0.3, -0.25) is 19.2 Å². The number of unbranched alkanes of at least 4 members (excludes halogenated alkanes) is 1. The maximum absolute atomic E-state index is 12.1. The van der Waals surface area contributed by atoms with Gasteiger partial charge < -0.3 is 20.4 Å². The van der Waals surface area contributed by atoms with Crippen molar-refractivity contribution in [2.24, 2.45) is 17.8 Å². The van der Waals surface area contributed by atoms with Crippen LogP contribution in [0.15, 0.2) is 107 Å². The number of hydrogen-bond donors (Lipinski definition) is 4. The number of H-pyrrole nitrogens is 1. The molecule has 1 saturated carbocycles. The summed E-state index contributed by atoms with van der Waals surface area (Å²) in [4.78, 5) is 61.0. The van der Waals surface area contributed by atoms with E-state index in [1.807, 2.05) is 83.1 Å². The van der Waals surface area contributed by atoms with Gasteiger partial charge in [0.1, 0.15) is 5.60 Å². The number of nitrogens with one attached hydrogen (secondary N) is 4. The number of sulfonamides is 1. The number of aromatic amines is 1. The first-order chi connectivity index (χ1) is 29.8. The van der Waals surface area contributed by atoms with E-state index in [1.54, 1.807) is 65.1 Å². The summed E-state index contributed by atoms with van der Waals surface area (Å²) >= 11 is 0. The summed E-state index contributed by atoms with van der Waals surface area (Å²) in [5.41, 5.74) is 3.44. The van der Waals surface area contributed by atoms with Gasteiger partial charge in [-0.1, -0.05) is 121 Å². The Balaban J connectivity index is 0.000000422. The number of fused-ring (bicyclic) bond motifs is 1. The minimum absolute atomic E-state index is 0.0488. The molecule has 4 unspecified atom stereocenters. The van der Waals surface area contributed by atoms with Crippen LogP contribution in [0.1, 0.15) is 113 Å². The molecule has 1 aliphatic carbocycles. The Kier molecular flexibility index (Phi) is 24.8. The Morgan fingerprint density at radius 2 is 1.51 bits per heavy atom. The van der Waals surface area contributed by atoms with Crippen molar-refractivity contribution < 1.29 is 32.3 Å². The maximum Gasteiger partial charge on any atom is 0.408 e. The summed E-state index contributed by atoms with van der Waals surface area (Å²) in [5, 5.41) is 5.99. The zero-order valence-corrected chi connectivity index (χ0v) is 40.1. The molecule has 4 atom stereocenters. The Labute approximate surface area is 376 Å². The highest BCUT2D eigenvalue weighted by atomic mass is 32.2. The zero-order chi connectivity index (χ0) is 47.8. The van der Waals surface area contributed by atoms with Crippen molar-refractivity contribution in [3.63, 3.8) is 0 Å². The van der Waals surface area contributed by atoms with Gasteiger partial charge >= 0.3 is 6.09 Å². The van der Waals surface area contributed by atoms with Crippen molar-refractivity contribution in [3.05, 3.63) is 113 Å². The molecule has 0 saturated heterocycles. The lowest BCUT2D eigenvalue weighted by molar-refractivity contribution is -0.124. The molecule has 1 aliphatic rings. The number of benzene rings is 3. The van der Waals surface area contributed by atoms with Crippen LogP contribution in [0.4, 0.5) is 4.79 Å². The first-order valence-corrected chi connectivity index (χ1v) is 23.5. The highest BCUT2D eigenvalue weighted by Gasteiger charge is 2.42. The van der Waals surface area contributed by atoms with Crippen LogP contribution >= 0.6 is 0 Å². The number of pyridine rings is 1. The first kappa shape index (κ1) is 55.5. The number of allylic oxidation sites excluding steroid dienone is 1. The van der Waals surface area contributed by atoms with E-state index in [9.17, 15) is 32.4 Å². The second-order valence-electron chi connectivity index (χ2n) is 16.0. The Morgan fingerprint density at radius 1 is 0.905 bits per heavy atom. The van der Waals surface area contributed by atoms with Gasteiger partial charge in [-0.2, -0.15) is 0 Å². The highest BCUT2D eigenvalue weighted by Crippen LogP contribution is 2.39. The largest absolute Gasteiger partial charge is 0.444 e. The van der Waals surface area contributed by atoms with Crippen LogP contribution in [-0.4, -0.2) is 55.8 Å². The third-order valence-electron chi connectivity index (χ3n) is 9.53. The molecule has 0 bridgehead atoms. The van der Waals surface area contributed by atoms with Crippen molar-refractivity contribution in [1.29, 1.82) is 0 Å². The van der Waals surface area contributed by atoms with Crippen molar-refractivity contribution >= 4 is 44.6 Å². The summed E-state index contributed by atoms with van der Waals surface area (Å²) in [6, 6.07) is 24.8. The molecule has 346 valence electrons. The van der Waals surface area contributed by atoms with Crippen LogP contribution in [0.3, 0.4) is 0 Å². The van der Waals surface area contributed by atoms with Gasteiger partial charge in [-0.25, -0.2) is 17.9 Å². The van der Waals surface area contributed by atoms with Crippen LogP contribution in [0.5, 0.6) is 0 Å². The number of carbonyl (C=O) groups excluding carboxylic acids is 4. The number of Topliss-reactive ketones (excluding diaryl/α,β-unsaturated/α-hetero) is 1. The van der Waals surface area contributed by atoms with Gasteiger partial charge in [0.2, 0.25) is 11.8 Å². The normalized spacial score (nSPS) is 14.7. The summed E-state index contributed by atoms with van der Waals surface area (Å²) in [6.07, 6.45) is 7.11. The number of hydrogen-bond acceptors (Lipinski definition) is 8. The standard InChI is InChI=1S/C16H13NO.C12H13NO3S.C12H23NO3.C8H17NO.C2H6/c1-11-7-8-13-15(9-11)17-14(10-16(13)18)12-5-3-2-4-6-12;1-2-9-8-11(9)12(14)13-17(15,16)10-6-4-3-5-7-10;1-6-8-9(10(14)7-2)13-11(15)16-12(3,4)5;1-4-5-6-7(2)8(10)9-3;1-2/h2-10H,1H3,(H,17,18);2-7,9,11H,1,8H2,(H,13,14);9H,6-8H2,1-5H3,(H,13,15);7H,4-6H2,1-3H3,(H,9,10);1-2H3. The predicted molar refractivity (Wildman–Crippen MR) is 256 cm³/mol. The van der Waals surface area contributed by atoms with Gasteiger partial charge in [0.15, 0.2) is 11.2 Å². The molecule has 5 rings (SSSR count). The van der Waals surface area contributed by atoms with Crippen LogP contribution in [0.25, 0.3) is 22.2 Å². The molecule has 0 radical (unpaired) electrons. The number of alkyl carbamates (subject to hydrolysis) is 1. The van der Waals surface area contributed by atoms with Crippen LogP contribution in [0.2, 0.25) is 0 Å². The summed E-state index contributed by atoms with van der Waals surface area (Å²) < 4.78 is 30.8. The van der Waals surface area contributed by atoms with E-state index < -0.39 is 33.7 Å². The molecule has 4 N–H and O–H groups in total. The van der Waals surface area contributed by atoms with Crippen LogP contribution < -0.4 is 20.8 Å². The number of rotatable bonds is 14. The summed E-state index contributed by atoms with van der Waals surface area (Å²) in [7, 11) is -2.04. The molecule has 13 heteroatoms. The van der Waals surface area contributed by atoms with Gasteiger partial charge in [-0.05, 0) is 88.3 Å². The van der Waals surface area contributed by atoms with E-state index in [0.29, 0.717) is 19.3 Å². The summed E-state index contributed by atoms with van der Waals surface area (Å²) in [6.45, 7) is 22.9. The average molecular weight is 889 g/mol. The molecule has 0 aliphatic heterocycles. The van der Waals surface area contributed by atoms with E-state index in [2.05, 4.69) is 33.8 Å². The van der Waals surface area contributed by atoms with E-state index in [0.717, 1.165) is 47.0 Å². The quantitative estimate of drug-likeness (QED) is 0.0903. The number of amides is 3. The molecule has 1 heterocycles. The minimum Gasteiger partial charge on any atom is -0.444 e. The number of carbonyl (C=O) groups is 4. The van der Waals surface area contributed by atoms with Crippen LogP contribution in [-0.2, 0) is 29.1 Å². The number of aromatic nitrogens is 1. The van der Waals surface area contributed by atoms with E-state index in [4.69, 9.17) is 4.74 Å². The molecule has 4 aromatic rings. The van der Waals surface area contributed by atoms with Gasteiger partial charge in [0.25, 0.3) is 10.0 Å². The van der Waals surface area contributed by atoms with Crippen molar-refractivity contribution in [1.82, 2.24) is 20.3 Å². The summed E-state index contributed by atoms with van der Waals surface area (Å²) in [5.74, 6) is -0.183. The topological polar surface area (TPSA) is 181 Å². The Morgan fingerprint density at radius 3 is 2.02 bits per heavy atom. The smallest absolute Gasteiger partial charge is 0.408 e. The highest BCUT2D eigenvalue weighted by molar-refractivity contribution is 7.90. The van der Waals surface area contributed by atoms with Crippen molar-refractivity contribution in [3.8, 4) is 11.3 Å². The molecule has 12 nitrogen and oxygen atoms in total. The predicted octanol–water partition coefficient (Wildman–Crippen LogP) is 10.1. The lowest BCUT2D eigenvalue weighted by Gasteiger charge is -2.22. The lowest BCUT2D eigenvalue weighted by atomic mass is 10.0. The van der Waals surface area contributed by atoms with Crippen LogP contribution in [0, 0.1) is 24.7 Å². The monoisotopic (exact) mass is 889 g/mol. The van der Waals surface area contributed by atoms with E-state index in [1.165, 1.54) is 18.6 Å². The lowest BCUT2D eigenvalue weighted by Crippen LogP contribution is -2.43. The fourth-order valence-corrected chi connectivity index (χ4v) is 7.02. The third-order valence-corrected chi connectivity index (χ3v) is 10.9. The second kappa shape index (κ2) is 28.2. The van der Waals surface area contributed by atoms with E-state index >= 15 is 0 Å². The minimum atomic E-state index is -3.73. The van der Waals surface area contributed by atoms with Gasteiger partial charge in [-0.15, -0.1) is 6.58 Å². The maximum atomic E-state index is 12.1. The third kappa shape index (κ3) is 20.5.